The summed E-state index contributed by atoms with van der Waals surface area (Å²) in [5.41, 5.74) is 2.11. The zero-order chi connectivity index (χ0) is 29.6. The number of carbonyl (C=O) groups excluding carboxylic acids is 2. The third kappa shape index (κ3) is 8.20. The van der Waals surface area contributed by atoms with Gasteiger partial charge < -0.3 is 10.2 Å². The topological polar surface area (TPSA) is 86.8 Å². The number of hydrogen-bond donors (Lipinski definition) is 1. The van der Waals surface area contributed by atoms with Crippen LogP contribution in [0.2, 0.25) is 0 Å². The van der Waals surface area contributed by atoms with Crippen molar-refractivity contribution in [3.63, 3.8) is 0 Å². The number of halogens is 2. The fourth-order valence-corrected chi connectivity index (χ4v) is 6.85. The molecule has 1 aliphatic carbocycles. The van der Waals surface area contributed by atoms with E-state index in [2.05, 4.69) is 37.2 Å². The summed E-state index contributed by atoms with van der Waals surface area (Å²) in [4.78, 5) is 29.0. The molecular formula is C31H35Br2N3O4S. The molecule has 0 heterocycles. The Balaban J connectivity index is 1.66. The summed E-state index contributed by atoms with van der Waals surface area (Å²) in [5.74, 6) is -0.711. The van der Waals surface area contributed by atoms with Crippen LogP contribution in [0.5, 0.6) is 0 Å². The summed E-state index contributed by atoms with van der Waals surface area (Å²) in [6.45, 7) is 3.28. The van der Waals surface area contributed by atoms with Gasteiger partial charge in [0.15, 0.2) is 0 Å². The van der Waals surface area contributed by atoms with Crippen molar-refractivity contribution in [1.29, 1.82) is 0 Å². The van der Waals surface area contributed by atoms with E-state index < -0.39 is 28.5 Å². The highest BCUT2D eigenvalue weighted by Gasteiger charge is 2.33. The van der Waals surface area contributed by atoms with Crippen LogP contribution in [0.1, 0.15) is 50.2 Å². The van der Waals surface area contributed by atoms with E-state index in [-0.39, 0.29) is 23.4 Å². The molecule has 10 heteroatoms. The molecule has 1 saturated carbocycles. The molecule has 0 aromatic heterocycles. The lowest BCUT2D eigenvalue weighted by molar-refractivity contribution is -0.139. The maximum absolute atomic E-state index is 14.1. The summed E-state index contributed by atoms with van der Waals surface area (Å²) in [6.07, 6.45) is 5.15. The van der Waals surface area contributed by atoms with Crippen LogP contribution in [0.3, 0.4) is 0 Å². The number of sulfonamides is 1. The molecule has 0 saturated heterocycles. The molecule has 218 valence electrons. The van der Waals surface area contributed by atoms with Crippen LogP contribution in [0.15, 0.2) is 86.6 Å². The second-order valence-electron chi connectivity index (χ2n) is 10.5. The minimum Gasteiger partial charge on any atom is -0.352 e. The number of aryl methyl sites for hydroxylation is 1. The molecule has 4 rings (SSSR count). The van der Waals surface area contributed by atoms with Gasteiger partial charge in [0, 0.05) is 21.5 Å². The highest BCUT2D eigenvalue weighted by molar-refractivity contribution is 9.10. The Hall–Kier alpha value is -2.69. The Morgan fingerprint density at radius 2 is 1.44 bits per heavy atom. The standard InChI is InChI=1S/C31H35Br2N3O4S/c1-22-8-18-29(19-9-22)41(39,40)36(28-16-14-26(33)15-17-28)21-30(37)35(20-24-10-12-25(32)13-11-24)23(2)31(38)34-27-6-4-3-5-7-27/h8-19,23,27H,3-7,20-21H2,1-2H3,(H,34,38)/t23-/m0/s1. The van der Waals surface area contributed by atoms with Crippen LogP contribution in [0, 0.1) is 6.92 Å². The number of nitrogens with zero attached hydrogens (tertiary/aromatic N) is 2. The highest BCUT2D eigenvalue weighted by Crippen LogP contribution is 2.27. The van der Waals surface area contributed by atoms with Crippen molar-refractivity contribution in [3.05, 3.63) is 92.9 Å². The average Bonchev–Trinajstić information content (AvgIpc) is 2.96. The lowest BCUT2D eigenvalue weighted by Crippen LogP contribution is -2.53. The van der Waals surface area contributed by atoms with Gasteiger partial charge in [0.05, 0.1) is 10.6 Å². The quantitative estimate of drug-likeness (QED) is 0.258. The van der Waals surface area contributed by atoms with Gasteiger partial charge in [-0.1, -0.05) is 81.0 Å². The second kappa shape index (κ2) is 14.0. The molecule has 0 aliphatic heterocycles. The monoisotopic (exact) mass is 703 g/mol. The van der Waals surface area contributed by atoms with Gasteiger partial charge in [-0.3, -0.25) is 13.9 Å². The predicted molar refractivity (Wildman–Crippen MR) is 169 cm³/mol. The van der Waals surface area contributed by atoms with Crippen molar-refractivity contribution in [2.75, 3.05) is 10.8 Å². The number of anilines is 1. The Bertz CT molecular complexity index is 1440. The van der Waals surface area contributed by atoms with Gasteiger partial charge >= 0.3 is 0 Å². The van der Waals surface area contributed by atoms with Gasteiger partial charge in [-0.15, -0.1) is 0 Å². The molecule has 1 atom stereocenters. The van der Waals surface area contributed by atoms with Crippen molar-refractivity contribution >= 4 is 59.4 Å². The lowest BCUT2D eigenvalue weighted by Gasteiger charge is -2.33. The summed E-state index contributed by atoms with van der Waals surface area (Å²) in [7, 11) is -4.10. The molecule has 41 heavy (non-hydrogen) atoms. The van der Waals surface area contributed by atoms with Crippen molar-refractivity contribution < 1.29 is 18.0 Å². The molecule has 0 spiro atoms. The number of benzene rings is 3. The molecule has 2 amide bonds. The summed E-state index contributed by atoms with van der Waals surface area (Å²) >= 11 is 6.84. The zero-order valence-electron chi connectivity index (χ0n) is 23.2. The number of hydrogen-bond acceptors (Lipinski definition) is 4. The van der Waals surface area contributed by atoms with Crippen molar-refractivity contribution in [2.45, 2.75) is 69.5 Å². The first kappa shape index (κ1) is 31.3. The number of nitrogens with one attached hydrogen (secondary N) is 1. The van der Waals surface area contributed by atoms with E-state index >= 15 is 0 Å². The van der Waals surface area contributed by atoms with E-state index in [9.17, 15) is 18.0 Å². The lowest BCUT2D eigenvalue weighted by atomic mass is 9.95. The van der Waals surface area contributed by atoms with Gasteiger partial charge in [-0.25, -0.2) is 8.42 Å². The number of rotatable bonds is 10. The molecule has 3 aromatic rings. The molecule has 1 fully saturated rings. The largest absolute Gasteiger partial charge is 0.352 e. The van der Waals surface area contributed by atoms with Crippen LogP contribution in [0.25, 0.3) is 0 Å². The Kier molecular flexibility index (Phi) is 10.7. The van der Waals surface area contributed by atoms with E-state index in [1.807, 2.05) is 31.2 Å². The van der Waals surface area contributed by atoms with Crippen LogP contribution in [-0.4, -0.2) is 43.8 Å². The minimum atomic E-state index is -4.10. The predicted octanol–water partition coefficient (Wildman–Crippen LogP) is 6.58. The highest BCUT2D eigenvalue weighted by atomic mass is 79.9. The van der Waals surface area contributed by atoms with Gasteiger partial charge in [0.25, 0.3) is 10.0 Å². The van der Waals surface area contributed by atoms with Crippen molar-refractivity contribution in [1.82, 2.24) is 10.2 Å². The first-order valence-electron chi connectivity index (χ1n) is 13.7. The Morgan fingerprint density at radius 3 is 2.02 bits per heavy atom. The molecule has 7 nitrogen and oxygen atoms in total. The summed E-state index contributed by atoms with van der Waals surface area (Å²) in [6, 6.07) is 20.1. The fourth-order valence-electron chi connectivity index (χ4n) is 4.91. The third-order valence-corrected chi connectivity index (χ3v) is 10.2. The van der Waals surface area contributed by atoms with E-state index in [0.717, 1.165) is 56.5 Å². The molecule has 1 aliphatic rings. The first-order chi connectivity index (χ1) is 19.5. The molecule has 3 aromatic carbocycles. The van der Waals surface area contributed by atoms with Gasteiger partial charge in [0.2, 0.25) is 11.8 Å². The van der Waals surface area contributed by atoms with Gasteiger partial charge in [-0.05, 0) is 80.8 Å². The number of carbonyl (C=O) groups is 2. The van der Waals surface area contributed by atoms with Gasteiger partial charge in [-0.2, -0.15) is 0 Å². The average molecular weight is 706 g/mol. The van der Waals surface area contributed by atoms with E-state index in [1.54, 1.807) is 55.5 Å². The Morgan fingerprint density at radius 1 is 0.878 bits per heavy atom. The summed E-state index contributed by atoms with van der Waals surface area (Å²) in [5, 5.41) is 3.12. The first-order valence-corrected chi connectivity index (χ1v) is 16.8. The maximum atomic E-state index is 14.1. The van der Waals surface area contributed by atoms with Crippen LogP contribution in [-0.2, 0) is 26.2 Å². The third-order valence-electron chi connectivity index (χ3n) is 7.39. The molecular weight excluding hydrogens is 670 g/mol. The normalized spacial score (nSPS) is 14.7. The van der Waals surface area contributed by atoms with E-state index in [4.69, 9.17) is 0 Å². The zero-order valence-corrected chi connectivity index (χ0v) is 27.2. The molecule has 1 N–H and O–H groups in total. The minimum absolute atomic E-state index is 0.0846. The van der Waals surface area contributed by atoms with Crippen LogP contribution >= 0.6 is 31.9 Å². The second-order valence-corrected chi connectivity index (χ2v) is 14.2. The number of amides is 2. The van der Waals surface area contributed by atoms with E-state index in [1.165, 1.54) is 4.90 Å². The van der Waals surface area contributed by atoms with E-state index in [0.29, 0.717) is 5.69 Å². The van der Waals surface area contributed by atoms with Crippen molar-refractivity contribution in [3.8, 4) is 0 Å². The molecule has 0 unspecified atom stereocenters. The molecule has 0 bridgehead atoms. The maximum Gasteiger partial charge on any atom is 0.264 e. The van der Waals surface area contributed by atoms with Crippen molar-refractivity contribution in [2.24, 2.45) is 0 Å². The van der Waals surface area contributed by atoms with Crippen LogP contribution in [0.4, 0.5) is 5.69 Å². The fraction of sp³-hybridized carbons (Fsp3) is 0.355. The summed E-state index contributed by atoms with van der Waals surface area (Å²) < 4.78 is 30.6. The SMILES string of the molecule is Cc1ccc(S(=O)(=O)N(CC(=O)N(Cc2ccc(Br)cc2)[C@@H](C)C(=O)NC2CCCCC2)c2ccc(Br)cc2)cc1. The van der Waals surface area contributed by atoms with Gasteiger partial charge in [0.1, 0.15) is 12.6 Å². The molecule has 0 radical (unpaired) electrons. The van der Waals surface area contributed by atoms with Crippen LogP contribution < -0.4 is 9.62 Å². The smallest absolute Gasteiger partial charge is 0.264 e. The Labute approximate surface area is 259 Å².